The minimum absolute atomic E-state index is 0.842. The van der Waals surface area contributed by atoms with Crippen LogP contribution in [0.25, 0.3) is 5.57 Å². The highest BCUT2D eigenvalue weighted by Gasteiger charge is 2.08. The van der Waals surface area contributed by atoms with Crippen molar-refractivity contribution in [3.63, 3.8) is 0 Å². The summed E-state index contributed by atoms with van der Waals surface area (Å²) in [6.07, 6.45) is 10.2. The zero-order valence-corrected chi connectivity index (χ0v) is 13.8. The highest BCUT2D eigenvalue weighted by Crippen LogP contribution is 2.23. The first kappa shape index (κ1) is 17.0. The Balaban J connectivity index is 2.64. The zero-order valence-electron chi connectivity index (χ0n) is 13.8. The van der Waals surface area contributed by atoms with Gasteiger partial charge in [-0.2, -0.15) is 0 Å². The van der Waals surface area contributed by atoms with E-state index in [1.54, 1.807) is 0 Å². The SMILES string of the molecule is C=C(CCCC)c1cccc(CC(CC)CCCC)c1. The molecule has 20 heavy (non-hydrogen) atoms. The van der Waals surface area contributed by atoms with Crippen molar-refractivity contribution in [3.05, 3.63) is 42.0 Å². The zero-order chi connectivity index (χ0) is 14.8. The second kappa shape index (κ2) is 9.80. The lowest BCUT2D eigenvalue weighted by atomic mass is 9.90. The molecule has 0 nitrogen and oxygen atoms in total. The van der Waals surface area contributed by atoms with Crippen LogP contribution in [0.1, 0.15) is 76.8 Å². The molecule has 1 aromatic rings. The Bertz CT molecular complexity index is 389. The van der Waals surface area contributed by atoms with E-state index in [4.69, 9.17) is 0 Å². The summed E-state index contributed by atoms with van der Waals surface area (Å²) in [5.74, 6) is 0.842. The topological polar surface area (TPSA) is 0 Å². The summed E-state index contributed by atoms with van der Waals surface area (Å²) in [7, 11) is 0. The number of rotatable bonds is 10. The average Bonchev–Trinajstić information content (AvgIpc) is 2.49. The molecule has 112 valence electrons. The van der Waals surface area contributed by atoms with E-state index in [1.807, 2.05) is 0 Å². The maximum Gasteiger partial charge on any atom is -0.0228 e. The van der Waals surface area contributed by atoms with E-state index in [0.717, 1.165) is 12.3 Å². The monoisotopic (exact) mass is 272 g/mol. The van der Waals surface area contributed by atoms with Crippen LogP contribution in [0, 0.1) is 5.92 Å². The Hall–Kier alpha value is -1.04. The molecule has 0 aliphatic carbocycles. The molecule has 0 aliphatic heterocycles. The number of hydrogen-bond acceptors (Lipinski definition) is 0. The van der Waals surface area contributed by atoms with E-state index in [1.165, 1.54) is 61.6 Å². The lowest BCUT2D eigenvalue weighted by Gasteiger charge is -2.15. The molecule has 0 radical (unpaired) electrons. The lowest BCUT2D eigenvalue weighted by Crippen LogP contribution is -2.03. The van der Waals surface area contributed by atoms with Crippen molar-refractivity contribution in [2.75, 3.05) is 0 Å². The van der Waals surface area contributed by atoms with Gasteiger partial charge in [0, 0.05) is 0 Å². The minimum atomic E-state index is 0.842. The molecule has 1 unspecified atom stereocenters. The maximum absolute atomic E-state index is 4.25. The molecule has 0 heteroatoms. The normalized spacial score (nSPS) is 12.3. The minimum Gasteiger partial charge on any atom is -0.0952 e. The Morgan fingerprint density at radius 2 is 1.85 bits per heavy atom. The summed E-state index contributed by atoms with van der Waals surface area (Å²) in [6, 6.07) is 9.07. The van der Waals surface area contributed by atoms with Gasteiger partial charge in [0.05, 0.1) is 0 Å². The summed E-state index contributed by atoms with van der Waals surface area (Å²) in [6.45, 7) is 11.1. The van der Waals surface area contributed by atoms with Crippen LogP contribution in [-0.2, 0) is 6.42 Å². The van der Waals surface area contributed by atoms with Gasteiger partial charge in [-0.15, -0.1) is 0 Å². The quantitative estimate of drug-likeness (QED) is 0.447. The van der Waals surface area contributed by atoms with Gasteiger partial charge in [0.1, 0.15) is 0 Å². The van der Waals surface area contributed by atoms with E-state index in [9.17, 15) is 0 Å². The number of allylic oxidation sites excluding steroid dienone is 1. The largest absolute Gasteiger partial charge is 0.0952 e. The van der Waals surface area contributed by atoms with Gasteiger partial charge in [-0.1, -0.05) is 83.7 Å². The fourth-order valence-corrected chi connectivity index (χ4v) is 2.73. The number of unbranched alkanes of at least 4 members (excludes halogenated alkanes) is 2. The van der Waals surface area contributed by atoms with Crippen LogP contribution in [0.5, 0.6) is 0 Å². The van der Waals surface area contributed by atoms with E-state index in [2.05, 4.69) is 51.6 Å². The summed E-state index contributed by atoms with van der Waals surface area (Å²) in [5, 5.41) is 0. The molecule has 0 saturated heterocycles. The van der Waals surface area contributed by atoms with Crippen molar-refractivity contribution in [2.24, 2.45) is 5.92 Å². The van der Waals surface area contributed by atoms with Crippen molar-refractivity contribution < 1.29 is 0 Å². The second-order valence-electron chi connectivity index (χ2n) is 6.03. The molecular formula is C20H32. The molecule has 1 atom stereocenters. The average molecular weight is 272 g/mol. The predicted molar refractivity (Wildman–Crippen MR) is 92.0 cm³/mol. The Morgan fingerprint density at radius 3 is 2.50 bits per heavy atom. The van der Waals surface area contributed by atoms with Gasteiger partial charge in [-0.25, -0.2) is 0 Å². The fourth-order valence-electron chi connectivity index (χ4n) is 2.73. The second-order valence-corrected chi connectivity index (χ2v) is 6.03. The van der Waals surface area contributed by atoms with Gasteiger partial charge in [0.15, 0.2) is 0 Å². The molecule has 0 spiro atoms. The number of hydrogen-bond donors (Lipinski definition) is 0. The van der Waals surface area contributed by atoms with Crippen LogP contribution in [0.4, 0.5) is 0 Å². The molecule has 0 aliphatic rings. The standard InChI is InChI=1S/C20H32/c1-5-8-11-17(4)20-14-10-13-19(16-20)15-18(7-3)12-9-6-2/h10,13-14,16,18H,4-9,11-12,15H2,1-3H3. The Morgan fingerprint density at radius 1 is 1.10 bits per heavy atom. The van der Waals surface area contributed by atoms with Crippen LogP contribution >= 0.6 is 0 Å². The fraction of sp³-hybridized carbons (Fsp3) is 0.600. The van der Waals surface area contributed by atoms with E-state index < -0.39 is 0 Å². The van der Waals surface area contributed by atoms with Crippen molar-refractivity contribution >= 4 is 5.57 Å². The van der Waals surface area contributed by atoms with E-state index in [-0.39, 0.29) is 0 Å². The molecule has 0 amide bonds. The first-order valence-electron chi connectivity index (χ1n) is 8.48. The first-order valence-corrected chi connectivity index (χ1v) is 8.48. The van der Waals surface area contributed by atoms with Gasteiger partial charge in [-0.05, 0) is 41.9 Å². The van der Waals surface area contributed by atoms with Crippen molar-refractivity contribution in [3.8, 4) is 0 Å². The molecule has 0 N–H and O–H groups in total. The summed E-state index contributed by atoms with van der Waals surface area (Å²) in [5.41, 5.74) is 4.14. The highest BCUT2D eigenvalue weighted by molar-refractivity contribution is 5.63. The van der Waals surface area contributed by atoms with Crippen molar-refractivity contribution in [1.29, 1.82) is 0 Å². The third-order valence-electron chi connectivity index (χ3n) is 4.23. The summed E-state index contributed by atoms with van der Waals surface area (Å²) < 4.78 is 0. The molecule has 1 rings (SSSR count). The molecule has 1 aromatic carbocycles. The van der Waals surface area contributed by atoms with Gasteiger partial charge in [0.25, 0.3) is 0 Å². The third-order valence-corrected chi connectivity index (χ3v) is 4.23. The van der Waals surface area contributed by atoms with Crippen molar-refractivity contribution in [2.45, 2.75) is 72.1 Å². The maximum atomic E-state index is 4.25. The van der Waals surface area contributed by atoms with Gasteiger partial charge < -0.3 is 0 Å². The first-order chi connectivity index (χ1) is 9.71. The van der Waals surface area contributed by atoms with Crippen LogP contribution in [0.2, 0.25) is 0 Å². The number of benzene rings is 1. The summed E-state index contributed by atoms with van der Waals surface area (Å²) >= 11 is 0. The van der Waals surface area contributed by atoms with Crippen LogP contribution in [0.3, 0.4) is 0 Å². The molecule has 0 bridgehead atoms. The predicted octanol–water partition coefficient (Wildman–Crippen LogP) is 6.65. The smallest absolute Gasteiger partial charge is 0.0228 e. The van der Waals surface area contributed by atoms with Crippen LogP contribution in [-0.4, -0.2) is 0 Å². The van der Waals surface area contributed by atoms with E-state index in [0.29, 0.717) is 0 Å². The molecule has 0 heterocycles. The molecule has 0 saturated carbocycles. The summed E-state index contributed by atoms with van der Waals surface area (Å²) in [4.78, 5) is 0. The molecule has 0 fully saturated rings. The lowest BCUT2D eigenvalue weighted by molar-refractivity contribution is 0.449. The molecular weight excluding hydrogens is 240 g/mol. The Kier molecular flexibility index (Phi) is 8.34. The van der Waals surface area contributed by atoms with Gasteiger partial charge in [-0.3, -0.25) is 0 Å². The Labute approximate surface area is 126 Å². The van der Waals surface area contributed by atoms with Crippen LogP contribution < -0.4 is 0 Å². The molecule has 0 aromatic heterocycles. The highest BCUT2D eigenvalue weighted by atomic mass is 14.1. The van der Waals surface area contributed by atoms with Crippen LogP contribution in [0.15, 0.2) is 30.8 Å². The van der Waals surface area contributed by atoms with Gasteiger partial charge >= 0.3 is 0 Å². The van der Waals surface area contributed by atoms with E-state index >= 15 is 0 Å². The van der Waals surface area contributed by atoms with Crippen molar-refractivity contribution in [1.82, 2.24) is 0 Å². The third kappa shape index (κ3) is 5.94. The van der Waals surface area contributed by atoms with Gasteiger partial charge in [0.2, 0.25) is 0 Å².